The molecule has 4 aromatic carbocycles. The number of esters is 2. The number of aliphatic hydroxyl groups is 1. The van der Waals surface area contributed by atoms with E-state index in [2.05, 4.69) is 10.6 Å². The predicted molar refractivity (Wildman–Crippen MR) is 221 cm³/mol. The number of carbonyl (C=O) groups is 4. The summed E-state index contributed by atoms with van der Waals surface area (Å²) in [5, 5.41) is 16.0. The van der Waals surface area contributed by atoms with Gasteiger partial charge in [-0.25, -0.2) is 14.0 Å². The number of hydrogen-bond donors (Lipinski definition) is 3. The van der Waals surface area contributed by atoms with Crippen LogP contribution in [0.4, 0.5) is 30.7 Å². The number of halogens is 7. The van der Waals surface area contributed by atoms with Crippen molar-refractivity contribution in [3.8, 4) is 0 Å². The van der Waals surface area contributed by atoms with Crippen LogP contribution in [0.25, 0.3) is 0 Å². The number of benzene rings is 4. The number of ether oxygens (including phenoxy) is 1. The van der Waals surface area contributed by atoms with E-state index in [1.54, 1.807) is 43.0 Å². The van der Waals surface area contributed by atoms with E-state index in [0.717, 1.165) is 24.3 Å². The fraction of sp³-hybridized carbons (Fsp3) is 0.364. The van der Waals surface area contributed by atoms with E-state index in [1.807, 2.05) is 0 Å². The Morgan fingerprint density at radius 1 is 0.651 bits per heavy atom. The number of likely N-dealkylation sites (tertiary alicyclic amines) is 2. The molecule has 2 fully saturated rings. The van der Waals surface area contributed by atoms with E-state index >= 15 is 0 Å². The molecule has 0 aromatic heterocycles. The number of nitrogens with zero attached hydrogens (tertiary/aromatic N) is 2. The van der Waals surface area contributed by atoms with Gasteiger partial charge in [-0.15, -0.1) is 0 Å². The molecule has 4 aromatic rings. The number of β-amino-alcohol motifs (C(OH)–C–C–N with tert-alkyl or cyclic N) is 1. The van der Waals surface area contributed by atoms with Gasteiger partial charge in [-0.2, -0.15) is 26.3 Å². The molecule has 328 valence electrons. The Labute approximate surface area is 383 Å². The van der Waals surface area contributed by atoms with Crippen LogP contribution in [0.3, 0.4) is 0 Å². The maximum absolute atomic E-state index is 14.5. The summed E-state index contributed by atoms with van der Waals surface area (Å²) in [6.07, 6.45) is -11.3. The van der Waals surface area contributed by atoms with Crippen LogP contribution in [0, 0.1) is 0 Å². The Kier molecular flexibility index (Phi) is 17.5. The summed E-state index contributed by atoms with van der Waals surface area (Å²) in [4.78, 5) is 55.4. The second-order valence-electron chi connectivity index (χ2n) is 15.4. The number of amides is 2. The first kappa shape index (κ1) is 51.2. The Morgan fingerprint density at radius 3 is 1.46 bits per heavy atom. The maximum atomic E-state index is 14.5. The minimum atomic E-state index is -4.55. The first-order valence-electron chi connectivity index (χ1n) is 19.4. The zero-order chi connectivity index (χ0) is 44.2. The summed E-state index contributed by atoms with van der Waals surface area (Å²) < 4.78 is 98.9. The summed E-state index contributed by atoms with van der Waals surface area (Å²) in [5.74, 6) is -2.84. The van der Waals surface area contributed by atoms with Crippen molar-refractivity contribution in [2.24, 2.45) is 0 Å². The fourth-order valence-corrected chi connectivity index (χ4v) is 7.59. The molecule has 63 heavy (non-hydrogen) atoms. The average Bonchev–Trinajstić information content (AvgIpc) is 3.77. The number of hydrogen-bond acceptors (Lipinski definition) is 8. The van der Waals surface area contributed by atoms with Crippen LogP contribution in [0.15, 0.2) is 97.1 Å². The third kappa shape index (κ3) is 13.3. The molecule has 2 aliphatic rings. The van der Waals surface area contributed by atoms with Gasteiger partial charge in [0.05, 0.1) is 52.5 Å². The molecular weight excluding hydrogens is 827 g/mol. The first-order valence-corrected chi connectivity index (χ1v) is 19.4. The van der Waals surface area contributed by atoms with E-state index in [1.165, 1.54) is 53.4 Å². The molecular formula is C44H45F7Li2N4O6. The van der Waals surface area contributed by atoms with Gasteiger partial charge in [0.2, 0.25) is 11.8 Å². The van der Waals surface area contributed by atoms with E-state index in [9.17, 15) is 55.0 Å². The van der Waals surface area contributed by atoms with Gasteiger partial charge in [-0.1, -0.05) is 60.7 Å². The van der Waals surface area contributed by atoms with Gasteiger partial charge in [-0.3, -0.25) is 19.4 Å². The monoisotopic (exact) mass is 872 g/mol. The van der Waals surface area contributed by atoms with Crippen molar-refractivity contribution in [2.75, 3.05) is 13.1 Å². The van der Waals surface area contributed by atoms with Gasteiger partial charge in [0.15, 0.2) is 0 Å². The number of aliphatic hydroxyl groups excluding tert-OH is 1. The van der Waals surface area contributed by atoms with E-state index in [0.29, 0.717) is 22.3 Å². The Morgan fingerprint density at radius 2 is 1.05 bits per heavy atom. The summed E-state index contributed by atoms with van der Waals surface area (Å²) in [6.45, 7) is 3.31. The average molecular weight is 873 g/mol. The summed E-state index contributed by atoms with van der Waals surface area (Å²) in [6, 6.07) is 18.4. The molecule has 0 unspecified atom stereocenters. The number of nitrogens with one attached hydrogen (secondary N) is 2. The molecule has 0 radical (unpaired) electrons. The van der Waals surface area contributed by atoms with Crippen LogP contribution < -0.4 is 10.6 Å². The van der Waals surface area contributed by atoms with Gasteiger partial charge in [0.25, 0.3) is 0 Å². The van der Waals surface area contributed by atoms with Crippen LogP contribution >= 0.6 is 0 Å². The third-order valence-corrected chi connectivity index (χ3v) is 10.8. The summed E-state index contributed by atoms with van der Waals surface area (Å²) >= 11 is 0. The molecule has 2 amide bonds. The molecule has 0 bridgehead atoms. The Bertz CT molecular complexity index is 2080. The van der Waals surface area contributed by atoms with Crippen LogP contribution in [-0.4, -0.2) is 114 Å². The zero-order valence-electron chi connectivity index (χ0n) is 33.0. The van der Waals surface area contributed by atoms with E-state index in [-0.39, 0.29) is 87.9 Å². The second-order valence-corrected chi connectivity index (χ2v) is 15.4. The van der Waals surface area contributed by atoms with Crippen LogP contribution in [0.1, 0.15) is 92.9 Å². The van der Waals surface area contributed by atoms with E-state index < -0.39 is 83.7 Å². The number of carbonyl (C=O) groups excluding carboxylic acids is 4. The van der Waals surface area contributed by atoms with Gasteiger partial charge >= 0.3 is 62.0 Å². The molecule has 10 nitrogen and oxygen atoms in total. The summed E-state index contributed by atoms with van der Waals surface area (Å²) in [7, 11) is 0. The minimum absolute atomic E-state index is 0. The molecule has 6 atom stereocenters. The number of alkyl halides is 7. The summed E-state index contributed by atoms with van der Waals surface area (Å²) in [5.41, 5.74) is 0.221. The predicted octanol–water partition coefficient (Wildman–Crippen LogP) is 6.03. The quantitative estimate of drug-likeness (QED) is 0.0683. The fourth-order valence-electron chi connectivity index (χ4n) is 7.59. The standard InChI is InChI=1S/C44H43F7N4O6.2Li.2H/c1-25(52-39(57)37-19-35(45)23-54(37)21-27-5-3-7-33(17-27)43(46,47)48)29-9-13-31(14-10-29)41(59)61-42(60)32-15-11-30(12-16-32)26(2)53-40(58)38-20-36(56)24-55(38)22-28-6-4-8-34(18-28)44(49,50)51;;;;/h3-18,25-26,35-38,56H,19-24H2,1-2H3,(H,52,57)(H,53,58);;;;/t25-,26-,35-,36+,37+,38+;;;;/m0..../s1. The van der Waals surface area contributed by atoms with Crippen molar-refractivity contribution in [2.45, 2.75) is 88.6 Å². The molecule has 0 spiro atoms. The van der Waals surface area contributed by atoms with Crippen molar-refractivity contribution in [3.63, 3.8) is 0 Å². The SMILES string of the molecule is C[C@H](NC(=O)[C@H]1C[C@@H](O)CN1Cc1cccc(C(F)(F)F)c1)c1ccc(C(=O)OC(=O)c2ccc([C@H](C)NC(=O)[C@H]3C[C@H](F)CN3Cc3cccc(C(F)(F)F)c3)cc2)cc1.[LiH].[LiH]. The molecule has 2 saturated heterocycles. The van der Waals surface area contributed by atoms with Crippen LogP contribution in [0.5, 0.6) is 0 Å². The van der Waals surface area contributed by atoms with Crippen molar-refractivity contribution in [3.05, 3.63) is 142 Å². The number of rotatable bonds is 12. The first-order chi connectivity index (χ1) is 28.7. The Hall–Kier alpha value is -4.46. The van der Waals surface area contributed by atoms with Gasteiger partial charge in [-0.05, 0) is 78.9 Å². The molecule has 0 saturated carbocycles. The molecule has 3 N–H and O–H groups in total. The second kappa shape index (κ2) is 21.5. The van der Waals surface area contributed by atoms with Crippen LogP contribution in [0.2, 0.25) is 0 Å². The molecule has 2 aliphatic heterocycles. The van der Waals surface area contributed by atoms with Gasteiger partial charge in [0.1, 0.15) is 6.17 Å². The molecule has 2 heterocycles. The molecule has 0 aliphatic carbocycles. The van der Waals surface area contributed by atoms with Crippen LogP contribution in [-0.2, 0) is 39.8 Å². The van der Waals surface area contributed by atoms with Gasteiger partial charge in [0, 0.05) is 32.6 Å². The zero-order valence-corrected chi connectivity index (χ0v) is 33.0. The topological polar surface area (TPSA) is 128 Å². The van der Waals surface area contributed by atoms with Gasteiger partial charge < -0.3 is 20.5 Å². The van der Waals surface area contributed by atoms with E-state index in [4.69, 9.17) is 4.74 Å². The molecule has 6 rings (SSSR count). The Balaban J connectivity index is 0.00000436. The third-order valence-electron chi connectivity index (χ3n) is 10.8. The van der Waals surface area contributed by atoms with Crippen molar-refractivity contribution < 1.29 is 59.8 Å². The van der Waals surface area contributed by atoms with Crippen molar-refractivity contribution in [1.82, 2.24) is 20.4 Å². The normalized spacial score (nSPS) is 20.2. The van der Waals surface area contributed by atoms with Crippen molar-refractivity contribution >= 4 is 61.5 Å². The molecule has 19 heteroatoms. The van der Waals surface area contributed by atoms with Crippen molar-refractivity contribution in [1.29, 1.82) is 0 Å².